The van der Waals surface area contributed by atoms with Gasteiger partial charge in [0.2, 0.25) is 12.1 Å². The summed E-state index contributed by atoms with van der Waals surface area (Å²) in [5.74, 6) is -2.11. The fourth-order valence-corrected chi connectivity index (χ4v) is 5.39. The number of hydrogen-bond acceptors (Lipinski definition) is 8. The average Bonchev–Trinajstić information content (AvgIpc) is 2.85. The Bertz CT molecular complexity index is 639. The zero-order valence-electron chi connectivity index (χ0n) is 16.4. The van der Waals surface area contributed by atoms with Crippen LogP contribution in [-0.2, 0) is 38.3 Å². The van der Waals surface area contributed by atoms with Crippen molar-refractivity contribution < 1.29 is 43.4 Å². The number of rotatable bonds is 5. The van der Waals surface area contributed by atoms with Gasteiger partial charge in [-0.15, -0.1) is 0 Å². The molecule has 2 unspecified atom stereocenters. The first-order chi connectivity index (χ1) is 13.2. The zero-order chi connectivity index (χ0) is 20.1. The Morgan fingerprint density at radius 2 is 1.89 bits per heavy atom. The van der Waals surface area contributed by atoms with Crippen LogP contribution in [0.1, 0.15) is 46.5 Å². The highest BCUT2D eigenvalue weighted by Crippen LogP contribution is 2.60. The zero-order valence-corrected chi connectivity index (χ0v) is 16.4. The van der Waals surface area contributed by atoms with Gasteiger partial charge in [-0.05, 0) is 38.0 Å². The molecule has 5 fully saturated rings. The summed E-state index contributed by atoms with van der Waals surface area (Å²) in [6, 6.07) is 0. The predicted octanol–water partition coefficient (Wildman–Crippen LogP) is 1.84. The molecule has 1 saturated carbocycles. The van der Waals surface area contributed by atoms with Gasteiger partial charge < -0.3 is 24.1 Å². The molecule has 0 radical (unpaired) electrons. The second-order valence-corrected chi connectivity index (χ2v) is 8.65. The van der Waals surface area contributed by atoms with Crippen LogP contribution >= 0.6 is 0 Å². The van der Waals surface area contributed by atoms with Crippen LogP contribution < -0.4 is 0 Å². The highest BCUT2D eigenvalue weighted by atomic mass is 17.3. The first-order valence-corrected chi connectivity index (χ1v) is 9.94. The van der Waals surface area contributed by atoms with Crippen LogP contribution in [0, 0.1) is 23.7 Å². The number of aliphatic carboxylic acids is 1. The molecule has 9 nitrogen and oxygen atoms in total. The Kier molecular flexibility index (Phi) is 5.16. The number of ether oxygens (including phenoxy) is 4. The van der Waals surface area contributed by atoms with E-state index in [4.69, 9.17) is 33.8 Å². The molecule has 1 N–H and O–H groups in total. The van der Waals surface area contributed by atoms with E-state index in [1.165, 1.54) is 0 Å². The van der Waals surface area contributed by atoms with Crippen molar-refractivity contribution in [2.75, 3.05) is 13.2 Å². The van der Waals surface area contributed by atoms with Crippen LogP contribution in [0.2, 0.25) is 0 Å². The minimum atomic E-state index is -1.15. The van der Waals surface area contributed by atoms with Crippen LogP contribution in [0.4, 0.5) is 0 Å². The van der Waals surface area contributed by atoms with Crippen LogP contribution in [0.3, 0.4) is 0 Å². The van der Waals surface area contributed by atoms with Crippen molar-refractivity contribution in [1.82, 2.24) is 0 Å². The summed E-state index contributed by atoms with van der Waals surface area (Å²) in [6.07, 6.45) is 2.07. The van der Waals surface area contributed by atoms with Gasteiger partial charge in [0.05, 0.1) is 0 Å². The molecule has 2 bridgehead atoms. The van der Waals surface area contributed by atoms with E-state index in [-0.39, 0.29) is 17.8 Å². The summed E-state index contributed by atoms with van der Waals surface area (Å²) < 4.78 is 22.6. The van der Waals surface area contributed by atoms with Crippen LogP contribution in [-0.4, -0.2) is 54.2 Å². The van der Waals surface area contributed by atoms with E-state index in [9.17, 15) is 9.59 Å². The van der Waals surface area contributed by atoms with Gasteiger partial charge in [-0.1, -0.05) is 13.8 Å². The van der Waals surface area contributed by atoms with E-state index >= 15 is 0 Å². The number of carbonyl (C=O) groups excluding carboxylic acids is 1. The van der Waals surface area contributed by atoms with Crippen LogP contribution in [0.15, 0.2) is 0 Å². The third-order valence-corrected chi connectivity index (χ3v) is 6.79. The van der Waals surface area contributed by atoms with Gasteiger partial charge in [0.15, 0.2) is 11.9 Å². The van der Waals surface area contributed by atoms with Crippen molar-refractivity contribution in [3.05, 3.63) is 0 Å². The third-order valence-electron chi connectivity index (χ3n) is 6.79. The molecule has 0 amide bonds. The molecule has 0 aromatic rings. The van der Waals surface area contributed by atoms with Gasteiger partial charge in [0.25, 0.3) is 0 Å². The summed E-state index contributed by atoms with van der Waals surface area (Å²) >= 11 is 0. The molecule has 0 aromatic carbocycles. The van der Waals surface area contributed by atoms with Gasteiger partial charge in [0, 0.05) is 18.3 Å². The minimum Gasteiger partial charge on any atom is -0.480 e. The van der Waals surface area contributed by atoms with Gasteiger partial charge in [-0.25, -0.2) is 19.4 Å². The number of esters is 1. The molecule has 1 aliphatic carbocycles. The van der Waals surface area contributed by atoms with Crippen molar-refractivity contribution in [2.24, 2.45) is 23.7 Å². The fraction of sp³-hybridized carbons (Fsp3) is 0.895. The topological polar surface area (TPSA) is 110 Å². The normalized spacial score (nSPS) is 47.1. The van der Waals surface area contributed by atoms with E-state index in [1.54, 1.807) is 0 Å². The maximum atomic E-state index is 12.1. The van der Waals surface area contributed by atoms with E-state index in [1.807, 2.05) is 13.8 Å². The third kappa shape index (κ3) is 3.23. The summed E-state index contributed by atoms with van der Waals surface area (Å²) in [6.45, 7) is 5.03. The molecule has 9 heteroatoms. The molecule has 28 heavy (non-hydrogen) atoms. The molecular weight excluding hydrogens is 372 g/mol. The number of hydrogen-bond donors (Lipinski definition) is 1. The molecule has 1 spiro atoms. The molecule has 4 aliphatic heterocycles. The highest BCUT2D eigenvalue weighted by molar-refractivity contribution is 5.72. The first kappa shape index (κ1) is 20.0. The quantitative estimate of drug-likeness (QED) is 0.546. The number of carbonyl (C=O) groups is 2. The van der Waals surface area contributed by atoms with E-state index in [0.717, 1.165) is 19.3 Å². The number of fused-ring (bicyclic) bond motifs is 2. The maximum Gasteiger partial charge on any atom is 0.334 e. The fourth-order valence-electron chi connectivity index (χ4n) is 5.39. The molecule has 158 valence electrons. The Morgan fingerprint density at radius 1 is 1.11 bits per heavy atom. The van der Waals surface area contributed by atoms with Crippen molar-refractivity contribution in [3.8, 4) is 0 Å². The first-order valence-electron chi connectivity index (χ1n) is 9.94. The molecule has 4 heterocycles. The Balaban J connectivity index is 1.53. The van der Waals surface area contributed by atoms with E-state index in [0.29, 0.717) is 12.3 Å². The van der Waals surface area contributed by atoms with Crippen molar-refractivity contribution in [2.45, 2.75) is 70.4 Å². The lowest BCUT2D eigenvalue weighted by molar-refractivity contribution is -0.576. The van der Waals surface area contributed by atoms with Crippen LogP contribution in [0.5, 0.6) is 0 Å². The van der Waals surface area contributed by atoms with Crippen molar-refractivity contribution in [1.29, 1.82) is 0 Å². The molecule has 8 atom stereocenters. The lowest BCUT2D eigenvalue weighted by Gasteiger charge is -2.59. The van der Waals surface area contributed by atoms with Crippen molar-refractivity contribution in [3.63, 3.8) is 0 Å². The van der Waals surface area contributed by atoms with Gasteiger partial charge in [-0.2, -0.15) is 0 Å². The van der Waals surface area contributed by atoms with E-state index < -0.39 is 49.1 Å². The number of carboxylic acids is 1. The second-order valence-electron chi connectivity index (χ2n) is 8.65. The second kappa shape index (κ2) is 7.21. The smallest absolute Gasteiger partial charge is 0.334 e. The summed E-state index contributed by atoms with van der Waals surface area (Å²) in [5.41, 5.74) is -0.712. The molecule has 5 rings (SSSR count). The summed E-state index contributed by atoms with van der Waals surface area (Å²) in [7, 11) is 0. The SMILES string of the molecule is C[C@H]1C(OC(=O)COCC(=O)O)O[C@@H]2O[C@@]3(C)CC[C@H]4[C@H](C)CCC1[C@@]24OO3. The van der Waals surface area contributed by atoms with Crippen molar-refractivity contribution >= 4 is 11.9 Å². The monoisotopic (exact) mass is 400 g/mol. The average molecular weight is 400 g/mol. The standard InChI is InChI=1S/C19H28O9/c1-10-4-5-13-11(2)16(24-15(22)9-23-8-14(20)21)25-17-19(13)12(10)6-7-18(3,26-17)27-28-19/h10-13,16-17H,4-9H2,1-3H3,(H,20,21)/t10-,11-,12+,13?,16?,17-,18-,19-/m1/s1. The number of carboxylic acid groups (broad SMARTS) is 1. The highest BCUT2D eigenvalue weighted by Gasteiger charge is 2.69. The maximum absolute atomic E-state index is 12.1. The molecule has 0 aromatic heterocycles. The van der Waals surface area contributed by atoms with E-state index in [2.05, 4.69) is 6.92 Å². The molecular formula is C19H28O9. The summed E-state index contributed by atoms with van der Waals surface area (Å²) in [4.78, 5) is 34.4. The lowest BCUT2D eigenvalue weighted by Crippen LogP contribution is -2.70. The Morgan fingerprint density at radius 3 is 2.64 bits per heavy atom. The van der Waals surface area contributed by atoms with Gasteiger partial charge in [0.1, 0.15) is 13.2 Å². The van der Waals surface area contributed by atoms with Crippen LogP contribution in [0.25, 0.3) is 0 Å². The lowest BCUT2D eigenvalue weighted by atomic mass is 9.58. The van der Waals surface area contributed by atoms with Gasteiger partial charge >= 0.3 is 11.9 Å². The summed E-state index contributed by atoms with van der Waals surface area (Å²) in [5, 5.41) is 8.61. The Hall–Kier alpha value is -1.26. The van der Waals surface area contributed by atoms with Gasteiger partial charge in [-0.3, -0.25) is 0 Å². The largest absolute Gasteiger partial charge is 0.480 e. The predicted molar refractivity (Wildman–Crippen MR) is 91.4 cm³/mol. The molecule has 4 saturated heterocycles. The molecule has 5 aliphatic rings. The Labute approximate surface area is 163 Å². The minimum absolute atomic E-state index is 0.0489.